The van der Waals surface area contributed by atoms with Gasteiger partial charge in [0.15, 0.2) is 0 Å². The van der Waals surface area contributed by atoms with Crippen molar-refractivity contribution in [2.45, 2.75) is 31.8 Å². The predicted molar refractivity (Wildman–Crippen MR) is 109 cm³/mol. The fourth-order valence-electron chi connectivity index (χ4n) is 3.13. The summed E-state index contributed by atoms with van der Waals surface area (Å²) < 4.78 is 6.72. The minimum atomic E-state index is -0.251. The third-order valence-electron chi connectivity index (χ3n) is 4.58. The first-order chi connectivity index (χ1) is 13.0. The van der Waals surface area contributed by atoms with Crippen molar-refractivity contribution in [3.8, 4) is 5.75 Å². The SMILES string of the molecule is CN(CC(=O)Nc1ccccc1Br)C(=O)c1ccc(OC2CCCC2)cc1. The molecule has 1 N–H and O–H groups in total. The van der Waals surface area contributed by atoms with Crippen LogP contribution in [0.2, 0.25) is 0 Å². The number of benzene rings is 2. The van der Waals surface area contributed by atoms with Gasteiger partial charge in [-0.1, -0.05) is 12.1 Å². The summed E-state index contributed by atoms with van der Waals surface area (Å²) in [5.74, 6) is 0.330. The van der Waals surface area contributed by atoms with E-state index in [-0.39, 0.29) is 24.5 Å². The van der Waals surface area contributed by atoms with Gasteiger partial charge in [0, 0.05) is 17.1 Å². The lowest BCUT2D eigenvalue weighted by atomic mass is 10.2. The van der Waals surface area contributed by atoms with E-state index in [9.17, 15) is 9.59 Å². The molecule has 27 heavy (non-hydrogen) atoms. The molecule has 142 valence electrons. The van der Waals surface area contributed by atoms with Gasteiger partial charge in [0.1, 0.15) is 5.75 Å². The first-order valence-corrected chi connectivity index (χ1v) is 9.89. The molecule has 0 aromatic heterocycles. The van der Waals surface area contributed by atoms with Crippen molar-refractivity contribution in [3.05, 3.63) is 58.6 Å². The summed E-state index contributed by atoms with van der Waals surface area (Å²) in [6, 6.07) is 14.5. The minimum Gasteiger partial charge on any atom is -0.490 e. The number of anilines is 1. The molecule has 2 aromatic rings. The van der Waals surface area contributed by atoms with Crippen LogP contribution in [0.15, 0.2) is 53.0 Å². The number of hydrogen-bond acceptors (Lipinski definition) is 3. The molecular formula is C21H23BrN2O3. The van der Waals surface area contributed by atoms with Crippen LogP contribution in [0.4, 0.5) is 5.69 Å². The Morgan fingerprint density at radius 1 is 1.11 bits per heavy atom. The van der Waals surface area contributed by atoms with E-state index in [1.54, 1.807) is 25.2 Å². The van der Waals surface area contributed by atoms with E-state index in [1.165, 1.54) is 17.7 Å². The van der Waals surface area contributed by atoms with Gasteiger partial charge in [-0.3, -0.25) is 9.59 Å². The summed E-state index contributed by atoms with van der Waals surface area (Å²) >= 11 is 3.39. The molecule has 5 nitrogen and oxygen atoms in total. The van der Waals surface area contributed by atoms with Crippen LogP contribution in [0.25, 0.3) is 0 Å². The zero-order chi connectivity index (χ0) is 19.2. The van der Waals surface area contributed by atoms with Crippen molar-refractivity contribution in [1.82, 2.24) is 4.90 Å². The molecular weight excluding hydrogens is 408 g/mol. The average Bonchev–Trinajstić information content (AvgIpc) is 3.16. The van der Waals surface area contributed by atoms with E-state index in [2.05, 4.69) is 21.2 Å². The number of ether oxygens (including phenoxy) is 1. The van der Waals surface area contributed by atoms with Crippen LogP contribution in [-0.2, 0) is 4.79 Å². The quantitative estimate of drug-likeness (QED) is 0.734. The molecule has 1 fully saturated rings. The van der Waals surface area contributed by atoms with E-state index in [0.717, 1.165) is 23.1 Å². The van der Waals surface area contributed by atoms with Gasteiger partial charge in [0.2, 0.25) is 5.91 Å². The van der Waals surface area contributed by atoms with Crippen LogP contribution in [0.1, 0.15) is 36.0 Å². The number of halogens is 1. The van der Waals surface area contributed by atoms with Gasteiger partial charge < -0.3 is 15.0 Å². The molecule has 2 amide bonds. The molecule has 0 atom stereocenters. The zero-order valence-corrected chi connectivity index (χ0v) is 16.9. The van der Waals surface area contributed by atoms with Crippen LogP contribution in [0.5, 0.6) is 5.75 Å². The maximum atomic E-state index is 12.6. The van der Waals surface area contributed by atoms with Crippen LogP contribution in [0, 0.1) is 0 Å². The van der Waals surface area contributed by atoms with Crippen molar-refractivity contribution in [1.29, 1.82) is 0 Å². The van der Waals surface area contributed by atoms with Crippen LogP contribution >= 0.6 is 15.9 Å². The molecule has 6 heteroatoms. The van der Waals surface area contributed by atoms with Gasteiger partial charge in [-0.2, -0.15) is 0 Å². The largest absolute Gasteiger partial charge is 0.490 e. The maximum absolute atomic E-state index is 12.6. The molecule has 3 rings (SSSR count). The van der Waals surface area contributed by atoms with Gasteiger partial charge in [-0.25, -0.2) is 0 Å². The Labute approximate surface area is 167 Å². The van der Waals surface area contributed by atoms with Crippen molar-refractivity contribution >= 4 is 33.4 Å². The highest BCUT2D eigenvalue weighted by molar-refractivity contribution is 9.10. The summed E-state index contributed by atoms with van der Waals surface area (Å²) in [5.41, 5.74) is 1.21. The molecule has 1 aliphatic carbocycles. The third-order valence-corrected chi connectivity index (χ3v) is 5.27. The number of hydrogen-bond donors (Lipinski definition) is 1. The number of carbonyl (C=O) groups excluding carboxylic acids is 2. The second-order valence-electron chi connectivity index (χ2n) is 6.74. The van der Waals surface area contributed by atoms with Crippen molar-refractivity contribution < 1.29 is 14.3 Å². The second-order valence-corrected chi connectivity index (χ2v) is 7.59. The second kappa shape index (κ2) is 9.04. The summed E-state index contributed by atoms with van der Waals surface area (Å²) in [4.78, 5) is 26.2. The highest BCUT2D eigenvalue weighted by atomic mass is 79.9. The normalized spacial score (nSPS) is 14.0. The number of amides is 2. The zero-order valence-electron chi connectivity index (χ0n) is 15.3. The van der Waals surface area contributed by atoms with Gasteiger partial charge >= 0.3 is 0 Å². The Kier molecular flexibility index (Phi) is 6.50. The van der Waals surface area contributed by atoms with E-state index >= 15 is 0 Å². The summed E-state index contributed by atoms with van der Waals surface area (Å²) in [6.45, 7) is -0.0273. The molecule has 0 radical (unpaired) electrons. The average molecular weight is 431 g/mol. The summed E-state index contributed by atoms with van der Waals surface area (Å²) in [5, 5.41) is 2.80. The smallest absolute Gasteiger partial charge is 0.254 e. The van der Waals surface area contributed by atoms with Gasteiger partial charge in [0.25, 0.3) is 5.91 Å². The van der Waals surface area contributed by atoms with Gasteiger partial charge in [-0.15, -0.1) is 0 Å². The van der Waals surface area contributed by atoms with Crippen molar-refractivity contribution in [3.63, 3.8) is 0 Å². The Morgan fingerprint density at radius 2 is 1.78 bits per heavy atom. The lowest BCUT2D eigenvalue weighted by Gasteiger charge is -2.18. The Hall–Kier alpha value is -2.34. The highest BCUT2D eigenvalue weighted by Gasteiger charge is 2.18. The fourth-order valence-corrected chi connectivity index (χ4v) is 3.52. The number of rotatable bonds is 6. The summed E-state index contributed by atoms with van der Waals surface area (Å²) in [6.07, 6.45) is 4.91. The molecule has 0 spiro atoms. The van der Waals surface area contributed by atoms with Crippen molar-refractivity contribution in [2.24, 2.45) is 0 Å². The maximum Gasteiger partial charge on any atom is 0.254 e. The molecule has 1 saturated carbocycles. The first kappa shape index (κ1) is 19.4. The lowest BCUT2D eigenvalue weighted by molar-refractivity contribution is -0.116. The minimum absolute atomic E-state index is 0.0273. The number of nitrogens with one attached hydrogen (secondary N) is 1. The predicted octanol–water partition coefficient (Wildman–Crippen LogP) is 4.48. The molecule has 1 aliphatic rings. The van der Waals surface area contributed by atoms with Gasteiger partial charge in [0.05, 0.1) is 18.3 Å². The number of likely N-dealkylation sites (N-methyl/N-ethyl adjacent to an activating group) is 1. The van der Waals surface area contributed by atoms with E-state index < -0.39 is 0 Å². The summed E-state index contributed by atoms with van der Waals surface area (Å²) in [7, 11) is 1.62. The fraction of sp³-hybridized carbons (Fsp3) is 0.333. The van der Waals surface area contributed by atoms with Crippen LogP contribution in [0.3, 0.4) is 0 Å². The highest BCUT2D eigenvalue weighted by Crippen LogP contribution is 2.24. The number of nitrogens with zero attached hydrogens (tertiary/aromatic N) is 1. The molecule has 0 heterocycles. The van der Waals surface area contributed by atoms with E-state index in [0.29, 0.717) is 11.3 Å². The number of para-hydroxylation sites is 1. The monoisotopic (exact) mass is 430 g/mol. The molecule has 0 unspecified atom stereocenters. The van der Waals surface area contributed by atoms with E-state index in [4.69, 9.17) is 4.74 Å². The Balaban J connectivity index is 1.54. The molecule has 0 saturated heterocycles. The lowest BCUT2D eigenvalue weighted by Crippen LogP contribution is -2.35. The standard InChI is InChI=1S/C21H23BrN2O3/c1-24(14-20(25)23-19-9-5-4-8-18(19)22)21(26)15-10-12-17(13-11-15)27-16-6-2-3-7-16/h4-5,8-13,16H,2-3,6-7,14H2,1H3,(H,23,25). The molecule has 0 aliphatic heterocycles. The Bertz CT molecular complexity index is 801. The molecule has 0 bridgehead atoms. The third kappa shape index (κ3) is 5.32. The van der Waals surface area contributed by atoms with Crippen molar-refractivity contribution in [2.75, 3.05) is 18.9 Å². The van der Waals surface area contributed by atoms with Crippen LogP contribution < -0.4 is 10.1 Å². The number of carbonyl (C=O) groups is 2. The topological polar surface area (TPSA) is 58.6 Å². The van der Waals surface area contributed by atoms with Crippen LogP contribution in [-0.4, -0.2) is 36.4 Å². The van der Waals surface area contributed by atoms with Gasteiger partial charge in [-0.05, 0) is 78.0 Å². The first-order valence-electron chi connectivity index (χ1n) is 9.09. The molecule has 2 aromatic carbocycles. The Morgan fingerprint density at radius 3 is 2.44 bits per heavy atom. The van der Waals surface area contributed by atoms with E-state index in [1.807, 2.05) is 30.3 Å².